The SMILES string of the molecule is CC(C)(C)OC(=O)[C@@](C(=O)ON)(C(=O)C(C)(C)C)C(C(=O)C(C)(C)C)[C@H](Cc1cc(C(F)(F)F)ccc1F)C(=O)O. The molecule has 0 saturated heterocycles. The highest BCUT2D eigenvalue weighted by Crippen LogP contribution is 2.47. The van der Waals surface area contributed by atoms with Crippen molar-refractivity contribution in [1.82, 2.24) is 0 Å². The molecule has 0 fully saturated rings. The first-order chi connectivity index (χ1) is 18.2. The molecule has 1 aromatic carbocycles. The van der Waals surface area contributed by atoms with Crippen molar-refractivity contribution in [1.29, 1.82) is 0 Å². The van der Waals surface area contributed by atoms with Crippen molar-refractivity contribution >= 4 is 29.5 Å². The van der Waals surface area contributed by atoms with E-state index in [0.29, 0.717) is 18.2 Å². The number of rotatable bonds is 9. The number of carbonyl (C=O) groups is 5. The van der Waals surface area contributed by atoms with E-state index in [-0.39, 0.29) is 0 Å². The Morgan fingerprint density at radius 1 is 0.878 bits per heavy atom. The van der Waals surface area contributed by atoms with E-state index in [1.54, 1.807) is 0 Å². The summed E-state index contributed by atoms with van der Waals surface area (Å²) in [5.41, 5.74) is -10.0. The van der Waals surface area contributed by atoms with Crippen molar-refractivity contribution in [2.45, 2.75) is 80.5 Å². The second-order valence-electron chi connectivity index (χ2n) is 12.8. The van der Waals surface area contributed by atoms with Gasteiger partial charge in [0.15, 0.2) is 5.78 Å². The summed E-state index contributed by atoms with van der Waals surface area (Å²) in [6.45, 7) is 11.9. The molecule has 0 heterocycles. The molecule has 1 rings (SSSR count). The third-order valence-corrected chi connectivity index (χ3v) is 6.21. The zero-order chi connectivity index (χ0) is 32.5. The van der Waals surface area contributed by atoms with Gasteiger partial charge in [-0.05, 0) is 51.0 Å². The quantitative estimate of drug-likeness (QED) is 0.181. The lowest BCUT2D eigenvalue weighted by atomic mass is 9.57. The fourth-order valence-corrected chi connectivity index (χ4v) is 4.35. The molecule has 3 N–H and O–H groups in total. The van der Waals surface area contributed by atoms with Gasteiger partial charge in [-0.15, -0.1) is 0 Å². The lowest BCUT2D eigenvalue weighted by Crippen LogP contribution is -2.63. The first-order valence-electron chi connectivity index (χ1n) is 12.5. The molecule has 13 heteroatoms. The summed E-state index contributed by atoms with van der Waals surface area (Å²) in [7, 11) is 0. The Labute approximate surface area is 235 Å². The van der Waals surface area contributed by atoms with E-state index < -0.39 is 92.7 Å². The van der Waals surface area contributed by atoms with Crippen LogP contribution in [0, 0.1) is 33.9 Å². The molecule has 0 saturated carbocycles. The van der Waals surface area contributed by atoms with Gasteiger partial charge < -0.3 is 14.7 Å². The average Bonchev–Trinajstić information content (AvgIpc) is 2.77. The number of carboxylic acid groups (broad SMARTS) is 1. The van der Waals surface area contributed by atoms with E-state index >= 15 is 0 Å². The van der Waals surface area contributed by atoms with Crippen LogP contribution in [0.5, 0.6) is 0 Å². The largest absolute Gasteiger partial charge is 0.481 e. The predicted molar refractivity (Wildman–Crippen MR) is 137 cm³/mol. The maximum absolute atomic E-state index is 14.8. The van der Waals surface area contributed by atoms with E-state index in [4.69, 9.17) is 10.6 Å². The van der Waals surface area contributed by atoms with Crippen molar-refractivity contribution in [2.75, 3.05) is 0 Å². The van der Waals surface area contributed by atoms with Crippen molar-refractivity contribution in [3.8, 4) is 0 Å². The van der Waals surface area contributed by atoms with Crippen LogP contribution >= 0.6 is 0 Å². The molecule has 230 valence electrons. The zero-order valence-electron chi connectivity index (χ0n) is 24.5. The molecule has 0 aliphatic rings. The van der Waals surface area contributed by atoms with Gasteiger partial charge in [0.05, 0.1) is 17.4 Å². The minimum atomic E-state index is -4.94. The average molecular weight is 592 g/mol. The summed E-state index contributed by atoms with van der Waals surface area (Å²) in [5.74, 6) is -8.67. The summed E-state index contributed by atoms with van der Waals surface area (Å²) < 4.78 is 60.4. The third-order valence-electron chi connectivity index (χ3n) is 6.21. The predicted octanol–water partition coefficient (Wildman–Crippen LogP) is 4.68. The van der Waals surface area contributed by atoms with Crippen molar-refractivity contribution in [3.05, 3.63) is 35.1 Å². The number of Topliss-reactive ketones (excluding diaryl/α,β-unsaturated/α-hetero) is 2. The number of ketones is 2. The Kier molecular flexibility index (Phi) is 10.3. The number of nitrogens with two attached hydrogens (primary N) is 1. The van der Waals surface area contributed by atoms with Gasteiger partial charge in [0, 0.05) is 10.8 Å². The fraction of sp³-hybridized carbons (Fsp3) is 0.607. The van der Waals surface area contributed by atoms with Gasteiger partial charge in [-0.3, -0.25) is 19.2 Å². The summed E-state index contributed by atoms with van der Waals surface area (Å²) >= 11 is 0. The van der Waals surface area contributed by atoms with Crippen LogP contribution in [0.15, 0.2) is 18.2 Å². The molecule has 41 heavy (non-hydrogen) atoms. The first kappa shape index (κ1) is 35.7. The number of alkyl halides is 3. The van der Waals surface area contributed by atoms with Crippen LogP contribution in [0.2, 0.25) is 0 Å². The summed E-state index contributed by atoms with van der Waals surface area (Å²) in [4.78, 5) is 72.7. The molecular formula is C28H37F4NO8. The molecule has 0 spiro atoms. The second kappa shape index (κ2) is 11.9. The fourth-order valence-electron chi connectivity index (χ4n) is 4.35. The smallest absolute Gasteiger partial charge is 0.416 e. The molecule has 0 bridgehead atoms. The summed E-state index contributed by atoms with van der Waals surface area (Å²) in [6.07, 6.45) is -6.06. The third kappa shape index (κ3) is 7.90. The molecule has 3 atom stereocenters. The zero-order valence-corrected chi connectivity index (χ0v) is 24.5. The minimum Gasteiger partial charge on any atom is -0.481 e. The number of benzene rings is 1. The van der Waals surface area contributed by atoms with Crippen LogP contribution in [-0.4, -0.2) is 40.2 Å². The van der Waals surface area contributed by atoms with E-state index in [2.05, 4.69) is 4.84 Å². The molecule has 0 amide bonds. The van der Waals surface area contributed by atoms with E-state index in [1.165, 1.54) is 62.3 Å². The van der Waals surface area contributed by atoms with Crippen LogP contribution in [-0.2, 0) is 46.1 Å². The molecule has 0 radical (unpaired) electrons. The number of esters is 1. The molecule has 0 aromatic heterocycles. The maximum Gasteiger partial charge on any atom is 0.416 e. The van der Waals surface area contributed by atoms with E-state index in [1.807, 2.05) is 0 Å². The van der Waals surface area contributed by atoms with Gasteiger partial charge in [0.1, 0.15) is 17.2 Å². The van der Waals surface area contributed by atoms with Gasteiger partial charge in [-0.1, -0.05) is 41.5 Å². The van der Waals surface area contributed by atoms with Crippen molar-refractivity contribution in [3.63, 3.8) is 0 Å². The lowest BCUT2D eigenvalue weighted by Gasteiger charge is -2.42. The van der Waals surface area contributed by atoms with Gasteiger partial charge in [-0.25, -0.2) is 9.18 Å². The number of carboxylic acids is 1. The van der Waals surface area contributed by atoms with Crippen LogP contribution in [0.1, 0.15) is 73.4 Å². The molecule has 1 aromatic rings. The number of carbonyl (C=O) groups excluding carboxylic acids is 4. The Morgan fingerprint density at radius 3 is 1.76 bits per heavy atom. The van der Waals surface area contributed by atoms with Gasteiger partial charge in [0.2, 0.25) is 5.41 Å². The Balaban J connectivity index is 4.32. The highest BCUT2D eigenvalue weighted by molar-refractivity contribution is 6.25. The molecule has 1 unspecified atom stereocenters. The molecule has 0 aliphatic heterocycles. The number of aliphatic carboxylic acids is 1. The summed E-state index contributed by atoms with van der Waals surface area (Å²) in [5, 5.41) is 10.3. The maximum atomic E-state index is 14.8. The van der Waals surface area contributed by atoms with Crippen molar-refractivity contribution < 1.29 is 56.2 Å². The molecule has 9 nitrogen and oxygen atoms in total. The minimum absolute atomic E-state index is 0.353. The van der Waals surface area contributed by atoms with Crippen molar-refractivity contribution in [2.24, 2.45) is 34.0 Å². The second-order valence-corrected chi connectivity index (χ2v) is 12.8. The molecular weight excluding hydrogens is 554 g/mol. The summed E-state index contributed by atoms with van der Waals surface area (Å²) in [6, 6.07) is 1.26. The number of halogens is 4. The lowest BCUT2D eigenvalue weighted by molar-refractivity contribution is -0.193. The number of ether oxygens (including phenoxy) is 1. The topological polar surface area (TPSA) is 150 Å². The highest BCUT2D eigenvalue weighted by Gasteiger charge is 2.69. The van der Waals surface area contributed by atoms with Gasteiger partial charge in [-0.2, -0.15) is 19.1 Å². The standard InChI is InChI=1S/C28H37F4NO8/c1-24(2,3)19(34)18(16(20(35)36)13-14-12-15(28(30,31)32)10-11-17(14)29)27(23(39)41-33,21(37)25(4,5)6)22(38)40-26(7,8)9/h10-12,16,18H,13,33H2,1-9H3,(H,35,36)/t16-,18?,27-/m0/s1. The highest BCUT2D eigenvalue weighted by atomic mass is 19.4. The van der Waals surface area contributed by atoms with E-state index in [0.717, 1.165) is 0 Å². The van der Waals surface area contributed by atoms with Crippen LogP contribution < -0.4 is 5.90 Å². The van der Waals surface area contributed by atoms with Crippen LogP contribution in [0.25, 0.3) is 0 Å². The van der Waals surface area contributed by atoms with Gasteiger partial charge >= 0.3 is 24.1 Å². The Hall–Kier alpha value is -3.35. The number of hydrogen-bond acceptors (Lipinski definition) is 8. The normalized spacial score (nSPS) is 15.8. The number of hydrogen-bond donors (Lipinski definition) is 2. The monoisotopic (exact) mass is 591 g/mol. The Morgan fingerprint density at radius 2 is 1.39 bits per heavy atom. The van der Waals surface area contributed by atoms with Crippen LogP contribution in [0.3, 0.4) is 0 Å². The Bertz CT molecular complexity index is 1210. The first-order valence-corrected chi connectivity index (χ1v) is 12.5. The van der Waals surface area contributed by atoms with Crippen LogP contribution in [0.4, 0.5) is 17.6 Å². The van der Waals surface area contributed by atoms with Gasteiger partial charge in [0.25, 0.3) is 0 Å². The van der Waals surface area contributed by atoms with E-state index in [9.17, 15) is 46.6 Å². The molecule has 0 aliphatic carbocycles.